The van der Waals surface area contributed by atoms with Crippen molar-refractivity contribution in [3.8, 4) is 11.3 Å². The van der Waals surface area contributed by atoms with Gasteiger partial charge in [-0.25, -0.2) is 13.4 Å². The Bertz CT molecular complexity index is 1230. The molecule has 0 atom stereocenters. The van der Waals surface area contributed by atoms with Gasteiger partial charge in [0.05, 0.1) is 10.6 Å². The third-order valence-electron chi connectivity index (χ3n) is 6.09. The Morgan fingerprint density at radius 3 is 2.15 bits per heavy atom. The number of carbonyl (C=O) groups is 1. The van der Waals surface area contributed by atoms with E-state index in [1.807, 2.05) is 17.5 Å². The average molecular weight is 498 g/mol. The van der Waals surface area contributed by atoms with Crippen molar-refractivity contribution in [2.45, 2.75) is 56.8 Å². The summed E-state index contributed by atoms with van der Waals surface area (Å²) in [6.07, 6.45) is 3.89. The molecular formula is C26H31N3O3S2. The zero-order chi connectivity index (χ0) is 24.3. The molecular weight excluding hydrogens is 466 g/mol. The summed E-state index contributed by atoms with van der Waals surface area (Å²) in [6.45, 7) is 7.63. The second kappa shape index (κ2) is 9.98. The van der Waals surface area contributed by atoms with E-state index in [0.717, 1.165) is 36.9 Å². The summed E-state index contributed by atoms with van der Waals surface area (Å²) in [5.74, 6) is -0.317. The van der Waals surface area contributed by atoms with Gasteiger partial charge >= 0.3 is 0 Å². The lowest BCUT2D eigenvalue weighted by atomic mass is 9.86. The maximum Gasteiger partial charge on any atom is 0.257 e. The zero-order valence-electron chi connectivity index (χ0n) is 19.9. The van der Waals surface area contributed by atoms with Gasteiger partial charge in [-0.3, -0.25) is 10.1 Å². The SMILES string of the molecule is CC(C)(C)c1ccc(-c2csc(NC(=O)c3ccc(S(=O)(=O)N4CCCCCC4)cc3)n2)cc1. The summed E-state index contributed by atoms with van der Waals surface area (Å²) in [4.78, 5) is 17.5. The average Bonchev–Trinajstić information content (AvgIpc) is 3.09. The van der Waals surface area contributed by atoms with E-state index in [4.69, 9.17) is 0 Å². The van der Waals surface area contributed by atoms with Crippen LogP contribution in [0.5, 0.6) is 0 Å². The lowest BCUT2D eigenvalue weighted by Crippen LogP contribution is -2.31. The van der Waals surface area contributed by atoms with Crippen LogP contribution in [-0.4, -0.2) is 36.7 Å². The number of sulfonamides is 1. The van der Waals surface area contributed by atoms with E-state index in [9.17, 15) is 13.2 Å². The molecule has 1 aromatic heterocycles. The highest BCUT2D eigenvalue weighted by Gasteiger charge is 2.25. The second-order valence-electron chi connectivity index (χ2n) is 9.66. The van der Waals surface area contributed by atoms with Crippen LogP contribution in [0.25, 0.3) is 11.3 Å². The number of amides is 1. The van der Waals surface area contributed by atoms with E-state index in [2.05, 4.69) is 43.2 Å². The molecule has 1 fully saturated rings. The number of nitrogens with zero attached hydrogens (tertiary/aromatic N) is 2. The molecule has 34 heavy (non-hydrogen) atoms. The van der Waals surface area contributed by atoms with Gasteiger partial charge in [0.1, 0.15) is 0 Å². The lowest BCUT2D eigenvalue weighted by molar-refractivity contribution is 0.102. The van der Waals surface area contributed by atoms with Crippen LogP contribution in [0, 0.1) is 0 Å². The van der Waals surface area contributed by atoms with Crippen LogP contribution in [-0.2, 0) is 15.4 Å². The summed E-state index contributed by atoms with van der Waals surface area (Å²) in [5, 5.41) is 5.24. The number of aromatic nitrogens is 1. The molecule has 8 heteroatoms. The summed E-state index contributed by atoms with van der Waals surface area (Å²) >= 11 is 1.36. The largest absolute Gasteiger partial charge is 0.298 e. The molecule has 0 saturated carbocycles. The molecule has 3 aromatic rings. The molecule has 0 aliphatic carbocycles. The molecule has 180 valence electrons. The smallest absolute Gasteiger partial charge is 0.257 e. The molecule has 1 amide bonds. The maximum atomic E-state index is 12.9. The van der Waals surface area contributed by atoms with Gasteiger partial charge in [-0.05, 0) is 48.1 Å². The van der Waals surface area contributed by atoms with Crippen LogP contribution in [0.1, 0.15) is 62.4 Å². The van der Waals surface area contributed by atoms with Gasteiger partial charge in [0, 0.05) is 29.6 Å². The van der Waals surface area contributed by atoms with Crippen LogP contribution in [0.15, 0.2) is 58.8 Å². The van der Waals surface area contributed by atoms with Crippen molar-refractivity contribution in [2.75, 3.05) is 18.4 Å². The van der Waals surface area contributed by atoms with E-state index >= 15 is 0 Å². The first-order valence-corrected chi connectivity index (χ1v) is 13.9. The third-order valence-corrected chi connectivity index (χ3v) is 8.76. The Balaban J connectivity index is 1.43. The normalized spacial score (nSPS) is 15.6. The fraction of sp³-hybridized carbons (Fsp3) is 0.385. The molecule has 1 N–H and O–H groups in total. The Morgan fingerprint density at radius 2 is 1.56 bits per heavy atom. The highest BCUT2D eigenvalue weighted by molar-refractivity contribution is 7.89. The number of benzene rings is 2. The summed E-state index contributed by atoms with van der Waals surface area (Å²) < 4.78 is 27.4. The Morgan fingerprint density at radius 1 is 0.941 bits per heavy atom. The molecule has 2 heterocycles. The quantitative estimate of drug-likeness (QED) is 0.474. The molecule has 1 aliphatic heterocycles. The first kappa shape index (κ1) is 24.6. The summed E-state index contributed by atoms with van der Waals surface area (Å²) in [5.41, 5.74) is 3.52. The van der Waals surface area contributed by atoms with Gasteiger partial charge in [0.2, 0.25) is 10.0 Å². The number of anilines is 1. The highest BCUT2D eigenvalue weighted by atomic mass is 32.2. The van der Waals surface area contributed by atoms with Crippen LogP contribution in [0.2, 0.25) is 0 Å². The Labute approximate surface area is 206 Å². The van der Waals surface area contributed by atoms with Crippen LogP contribution < -0.4 is 5.32 Å². The van der Waals surface area contributed by atoms with E-state index in [1.165, 1.54) is 29.0 Å². The fourth-order valence-electron chi connectivity index (χ4n) is 3.98. The number of rotatable bonds is 5. The minimum absolute atomic E-state index is 0.0850. The highest BCUT2D eigenvalue weighted by Crippen LogP contribution is 2.29. The van der Waals surface area contributed by atoms with E-state index in [-0.39, 0.29) is 16.2 Å². The van der Waals surface area contributed by atoms with Gasteiger partial charge in [-0.2, -0.15) is 4.31 Å². The summed E-state index contributed by atoms with van der Waals surface area (Å²) in [7, 11) is -3.54. The molecule has 2 aromatic carbocycles. The molecule has 6 nitrogen and oxygen atoms in total. The number of carbonyl (C=O) groups excluding carboxylic acids is 1. The molecule has 1 saturated heterocycles. The molecule has 0 unspecified atom stereocenters. The first-order chi connectivity index (χ1) is 16.1. The molecule has 0 bridgehead atoms. The van der Waals surface area contributed by atoms with Crippen LogP contribution in [0.3, 0.4) is 0 Å². The van der Waals surface area contributed by atoms with Crippen molar-refractivity contribution < 1.29 is 13.2 Å². The van der Waals surface area contributed by atoms with Crippen molar-refractivity contribution in [3.05, 3.63) is 65.0 Å². The molecule has 4 rings (SSSR count). The van der Waals surface area contributed by atoms with Crippen molar-refractivity contribution in [2.24, 2.45) is 0 Å². The van der Waals surface area contributed by atoms with Crippen molar-refractivity contribution in [1.29, 1.82) is 0 Å². The number of hydrogen-bond donors (Lipinski definition) is 1. The van der Waals surface area contributed by atoms with Gasteiger partial charge in [-0.1, -0.05) is 57.9 Å². The lowest BCUT2D eigenvalue weighted by Gasteiger charge is -2.20. The predicted molar refractivity (Wildman–Crippen MR) is 138 cm³/mol. The zero-order valence-corrected chi connectivity index (χ0v) is 21.5. The van der Waals surface area contributed by atoms with Crippen molar-refractivity contribution >= 4 is 32.4 Å². The first-order valence-electron chi connectivity index (χ1n) is 11.6. The number of thiazole rings is 1. The fourth-order valence-corrected chi connectivity index (χ4v) is 6.22. The standard InChI is InChI=1S/C26H31N3O3S2/c1-26(2,3)21-12-8-19(9-13-21)23-18-33-25(27-23)28-24(30)20-10-14-22(15-11-20)34(31,32)29-16-6-4-5-7-17-29/h8-15,18H,4-7,16-17H2,1-3H3,(H,27,28,30). The number of hydrogen-bond acceptors (Lipinski definition) is 5. The van der Waals surface area contributed by atoms with Crippen LogP contribution in [0.4, 0.5) is 5.13 Å². The van der Waals surface area contributed by atoms with Gasteiger partial charge in [0.15, 0.2) is 5.13 Å². The van der Waals surface area contributed by atoms with Crippen molar-refractivity contribution in [1.82, 2.24) is 9.29 Å². The molecule has 1 aliphatic rings. The molecule has 0 radical (unpaired) electrons. The van der Waals surface area contributed by atoms with E-state index in [1.54, 1.807) is 16.4 Å². The monoisotopic (exact) mass is 497 g/mol. The van der Waals surface area contributed by atoms with E-state index in [0.29, 0.717) is 23.8 Å². The number of nitrogens with one attached hydrogen (secondary N) is 1. The minimum atomic E-state index is -3.54. The van der Waals surface area contributed by atoms with Gasteiger partial charge < -0.3 is 0 Å². The van der Waals surface area contributed by atoms with E-state index < -0.39 is 10.0 Å². The van der Waals surface area contributed by atoms with Gasteiger partial charge in [0.25, 0.3) is 5.91 Å². The Hall–Kier alpha value is -2.55. The minimum Gasteiger partial charge on any atom is -0.298 e. The summed E-state index contributed by atoms with van der Waals surface area (Å²) in [6, 6.07) is 14.4. The van der Waals surface area contributed by atoms with Crippen molar-refractivity contribution in [3.63, 3.8) is 0 Å². The topological polar surface area (TPSA) is 79.4 Å². The van der Waals surface area contributed by atoms with Crippen LogP contribution >= 0.6 is 11.3 Å². The second-order valence-corrected chi connectivity index (χ2v) is 12.5. The van der Waals surface area contributed by atoms with Gasteiger partial charge in [-0.15, -0.1) is 11.3 Å². The third kappa shape index (κ3) is 5.56. The molecule has 0 spiro atoms. The predicted octanol–water partition coefficient (Wildman–Crippen LogP) is 5.92. The maximum absolute atomic E-state index is 12.9. The Kier molecular flexibility index (Phi) is 7.21.